The Labute approximate surface area is 279 Å². The van der Waals surface area contributed by atoms with Crippen LogP contribution in [0.25, 0.3) is 10.4 Å². The van der Waals surface area contributed by atoms with Gasteiger partial charge in [-0.05, 0) is 49.8 Å². The Morgan fingerprint density at radius 2 is 1.62 bits per heavy atom. The van der Waals surface area contributed by atoms with Crippen LogP contribution in [0.3, 0.4) is 0 Å². The maximum Gasteiger partial charge on any atom is 0.246 e. The molecule has 0 spiro atoms. The van der Waals surface area contributed by atoms with Crippen LogP contribution in [0.15, 0.2) is 29.8 Å². The number of β-amino-alcohol motifs (C(OH)–C–C–N with tert-alkyl or cyclic N) is 1. The quantitative estimate of drug-likeness (QED) is 0.171. The highest BCUT2D eigenvalue weighted by molar-refractivity contribution is 7.13. The fourth-order valence-electron chi connectivity index (χ4n) is 5.74. The Morgan fingerprint density at radius 3 is 2.18 bits per heavy atom. The standard InChI is InChI=1S/C34H53N5O4S.ClH/c1-23(25-15-17-26(18-16-25)30-24(2)36-22-44-30)37-32(42)28-20-27(40)21-39(28)33(43)31(34(3,4)5)38-29(41)14-12-10-8-6-7-9-11-13-19-35;/h15-18,22-23,27-28,31,40H,6-14,19-21,35H2,1-5H3,(H,37,42)(H,38,41);1H/t23-,27+,28-,31+;/m0./s1. The van der Waals surface area contributed by atoms with Gasteiger partial charge in [-0.2, -0.15) is 0 Å². The molecule has 3 rings (SSSR count). The van der Waals surface area contributed by atoms with Gasteiger partial charge in [0, 0.05) is 19.4 Å². The molecule has 1 fully saturated rings. The van der Waals surface area contributed by atoms with Gasteiger partial charge in [-0.1, -0.05) is 83.6 Å². The number of likely N-dealkylation sites (tertiary alicyclic amines) is 1. The minimum Gasteiger partial charge on any atom is -0.391 e. The Hall–Kier alpha value is -2.53. The van der Waals surface area contributed by atoms with Gasteiger partial charge in [-0.25, -0.2) is 4.98 Å². The van der Waals surface area contributed by atoms with E-state index in [0.29, 0.717) is 6.42 Å². The number of halogens is 1. The van der Waals surface area contributed by atoms with E-state index in [9.17, 15) is 19.5 Å². The van der Waals surface area contributed by atoms with Crippen LogP contribution >= 0.6 is 23.7 Å². The molecule has 11 heteroatoms. The third-order valence-electron chi connectivity index (χ3n) is 8.42. The number of nitrogens with zero attached hydrogens (tertiary/aromatic N) is 2. The number of hydrogen-bond donors (Lipinski definition) is 4. The minimum atomic E-state index is -0.814. The van der Waals surface area contributed by atoms with E-state index in [1.54, 1.807) is 11.3 Å². The third kappa shape index (κ3) is 11.6. The van der Waals surface area contributed by atoms with Gasteiger partial charge >= 0.3 is 0 Å². The number of nitrogens with two attached hydrogens (primary N) is 1. The van der Waals surface area contributed by atoms with Crippen LogP contribution in [0.5, 0.6) is 0 Å². The predicted octanol–water partition coefficient (Wildman–Crippen LogP) is 5.68. The average molecular weight is 664 g/mol. The zero-order valence-electron chi connectivity index (χ0n) is 27.6. The molecule has 1 aromatic heterocycles. The summed E-state index contributed by atoms with van der Waals surface area (Å²) in [7, 11) is 0. The number of unbranched alkanes of at least 4 members (excludes halogenated alkanes) is 7. The molecule has 0 unspecified atom stereocenters. The molecule has 2 aromatic rings. The van der Waals surface area contributed by atoms with Crippen LogP contribution in [0.1, 0.15) is 109 Å². The van der Waals surface area contributed by atoms with Crippen molar-refractivity contribution in [2.75, 3.05) is 13.1 Å². The van der Waals surface area contributed by atoms with Gasteiger partial charge < -0.3 is 26.4 Å². The number of aromatic nitrogens is 1. The summed E-state index contributed by atoms with van der Waals surface area (Å²) in [4.78, 5) is 47.1. The molecule has 0 radical (unpaired) electrons. The molecule has 4 atom stereocenters. The number of aryl methyl sites for hydroxylation is 1. The fraction of sp³-hybridized carbons (Fsp3) is 0.647. The molecule has 0 bridgehead atoms. The predicted molar refractivity (Wildman–Crippen MR) is 184 cm³/mol. The number of aliphatic hydroxyl groups is 1. The van der Waals surface area contributed by atoms with Gasteiger partial charge in [0.25, 0.3) is 0 Å². The molecule has 1 aromatic carbocycles. The summed E-state index contributed by atoms with van der Waals surface area (Å²) in [6.07, 6.45) is 8.37. The third-order valence-corrected chi connectivity index (χ3v) is 9.40. The van der Waals surface area contributed by atoms with Crippen molar-refractivity contribution < 1.29 is 19.5 Å². The van der Waals surface area contributed by atoms with E-state index in [2.05, 4.69) is 15.6 Å². The highest BCUT2D eigenvalue weighted by atomic mass is 35.5. The van der Waals surface area contributed by atoms with Gasteiger partial charge in [0.2, 0.25) is 17.7 Å². The molecule has 2 heterocycles. The summed E-state index contributed by atoms with van der Waals surface area (Å²) in [5.41, 5.74) is 9.80. The topological polar surface area (TPSA) is 138 Å². The molecule has 0 saturated carbocycles. The second kappa shape index (κ2) is 18.6. The van der Waals surface area contributed by atoms with Crippen LogP contribution in [0.4, 0.5) is 0 Å². The van der Waals surface area contributed by atoms with Crippen molar-refractivity contribution in [1.82, 2.24) is 20.5 Å². The summed E-state index contributed by atoms with van der Waals surface area (Å²) in [5, 5.41) is 16.5. The van der Waals surface area contributed by atoms with Crippen molar-refractivity contribution >= 4 is 41.5 Å². The number of benzene rings is 1. The number of thiazole rings is 1. The lowest BCUT2D eigenvalue weighted by atomic mass is 9.85. The second-order valence-electron chi connectivity index (χ2n) is 13.2. The SMILES string of the molecule is Cc1ncsc1-c1ccc([C@H](C)NC(=O)[C@@H]2C[C@@H](O)CN2C(=O)[C@@H](NC(=O)CCCCCCCCCCN)C(C)(C)C)cc1.Cl. The monoisotopic (exact) mass is 663 g/mol. The Morgan fingerprint density at radius 1 is 1.02 bits per heavy atom. The lowest BCUT2D eigenvalue weighted by Gasteiger charge is -2.35. The Kier molecular flexibility index (Phi) is 16.0. The molecule has 1 saturated heterocycles. The molecular weight excluding hydrogens is 610 g/mol. The number of amides is 3. The summed E-state index contributed by atoms with van der Waals surface area (Å²) < 4.78 is 0. The first-order chi connectivity index (χ1) is 20.9. The van der Waals surface area contributed by atoms with Crippen molar-refractivity contribution in [3.05, 3.63) is 41.0 Å². The summed E-state index contributed by atoms with van der Waals surface area (Å²) >= 11 is 1.59. The maximum atomic E-state index is 13.9. The van der Waals surface area contributed by atoms with Crippen LogP contribution in [0.2, 0.25) is 0 Å². The van der Waals surface area contributed by atoms with Gasteiger partial charge in [-0.15, -0.1) is 23.7 Å². The highest BCUT2D eigenvalue weighted by Gasteiger charge is 2.44. The van der Waals surface area contributed by atoms with Crippen LogP contribution in [-0.2, 0) is 14.4 Å². The highest BCUT2D eigenvalue weighted by Crippen LogP contribution is 2.29. The van der Waals surface area contributed by atoms with E-state index in [1.807, 2.05) is 64.4 Å². The minimum absolute atomic E-state index is 0. The first-order valence-corrected chi connectivity index (χ1v) is 17.1. The zero-order valence-corrected chi connectivity index (χ0v) is 29.3. The molecule has 5 N–H and O–H groups in total. The molecule has 0 aliphatic carbocycles. The average Bonchev–Trinajstić information content (AvgIpc) is 3.59. The van der Waals surface area contributed by atoms with E-state index in [1.165, 1.54) is 24.2 Å². The van der Waals surface area contributed by atoms with Crippen molar-refractivity contribution in [3.8, 4) is 10.4 Å². The lowest BCUT2D eigenvalue weighted by Crippen LogP contribution is -2.57. The van der Waals surface area contributed by atoms with Gasteiger partial charge in [-0.3, -0.25) is 14.4 Å². The number of hydrogen-bond acceptors (Lipinski definition) is 7. The number of carbonyl (C=O) groups excluding carboxylic acids is 3. The summed E-state index contributed by atoms with van der Waals surface area (Å²) in [6, 6.07) is 6.10. The van der Waals surface area contributed by atoms with Crippen molar-refractivity contribution in [2.45, 2.75) is 123 Å². The van der Waals surface area contributed by atoms with Crippen molar-refractivity contribution in [3.63, 3.8) is 0 Å². The maximum absolute atomic E-state index is 13.9. The van der Waals surface area contributed by atoms with E-state index < -0.39 is 23.6 Å². The van der Waals surface area contributed by atoms with E-state index >= 15 is 0 Å². The van der Waals surface area contributed by atoms with Gasteiger partial charge in [0.05, 0.1) is 28.2 Å². The lowest BCUT2D eigenvalue weighted by molar-refractivity contribution is -0.144. The van der Waals surface area contributed by atoms with Crippen LogP contribution in [-0.4, -0.2) is 64.0 Å². The summed E-state index contributed by atoms with van der Waals surface area (Å²) in [5.74, 6) is -0.809. The van der Waals surface area contributed by atoms with E-state index in [-0.39, 0.29) is 49.1 Å². The van der Waals surface area contributed by atoms with E-state index in [0.717, 1.165) is 60.3 Å². The first-order valence-electron chi connectivity index (χ1n) is 16.2. The Balaban J connectivity index is 0.00000705. The molecule has 45 heavy (non-hydrogen) atoms. The Bertz CT molecular complexity index is 1220. The second-order valence-corrected chi connectivity index (χ2v) is 14.1. The van der Waals surface area contributed by atoms with Crippen LogP contribution < -0.4 is 16.4 Å². The molecule has 252 valence electrons. The molecule has 1 aliphatic rings. The number of carbonyl (C=O) groups is 3. The number of rotatable bonds is 16. The van der Waals surface area contributed by atoms with Crippen molar-refractivity contribution in [1.29, 1.82) is 0 Å². The van der Waals surface area contributed by atoms with E-state index in [4.69, 9.17) is 5.73 Å². The molecule has 1 aliphatic heterocycles. The first kappa shape index (κ1) is 38.7. The van der Waals surface area contributed by atoms with Crippen LogP contribution in [0, 0.1) is 12.3 Å². The molecule has 9 nitrogen and oxygen atoms in total. The van der Waals surface area contributed by atoms with Crippen molar-refractivity contribution in [2.24, 2.45) is 11.1 Å². The molecule has 3 amide bonds. The zero-order chi connectivity index (χ0) is 32.3. The normalized spacial score (nSPS) is 17.8. The largest absolute Gasteiger partial charge is 0.391 e. The fourth-order valence-corrected chi connectivity index (χ4v) is 6.55. The molecular formula is C34H54ClN5O4S. The van der Waals surface area contributed by atoms with Gasteiger partial charge in [0.15, 0.2) is 0 Å². The number of nitrogens with one attached hydrogen (secondary N) is 2. The summed E-state index contributed by atoms with van der Waals surface area (Å²) in [6.45, 7) is 10.4. The van der Waals surface area contributed by atoms with Gasteiger partial charge in [0.1, 0.15) is 12.1 Å². The smallest absolute Gasteiger partial charge is 0.246 e. The number of aliphatic hydroxyl groups excluding tert-OH is 1.